The largest absolute Gasteiger partial charge is 0.468 e. The number of nitrogens with two attached hydrogens (primary N) is 1. The van der Waals surface area contributed by atoms with Crippen LogP contribution >= 0.6 is 0 Å². The number of hydrogen-bond donors (Lipinski definition) is 1. The highest BCUT2D eigenvalue weighted by Crippen LogP contribution is 2.30. The number of primary amides is 1. The van der Waals surface area contributed by atoms with Gasteiger partial charge in [-0.2, -0.15) is 0 Å². The molecule has 0 saturated heterocycles. The quantitative estimate of drug-likeness (QED) is 0.795. The molecule has 0 heterocycles. The van der Waals surface area contributed by atoms with Gasteiger partial charge in [0.15, 0.2) is 0 Å². The predicted molar refractivity (Wildman–Crippen MR) is 75.0 cm³/mol. The summed E-state index contributed by atoms with van der Waals surface area (Å²) in [5, 5.41) is 0. The van der Waals surface area contributed by atoms with E-state index in [0.29, 0.717) is 18.2 Å². The second-order valence-electron chi connectivity index (χ2n) is 5.16. The van der Waals surface area contributed by atoms with Gasteiger partial charge in [-0.1, -0.05) is 12.1 Å². The third-order valence-corrected chi connectivity index (χ3v) is 3.66. The van der Waals surface area contributed by atoms with Gasteiger partial charge in [-0.05, 0) is 37.5 Å². The van der Waals surface area contributed by atoms with E-state index in [1.54, 1.807) is 12.1 Å². The van der Waals surface area contributed by atoms with E-state index in [1.807, 2.05) is 19.1 Å². The highest BCUT2D eigenvalue weighted by Gasteiger charge is 2.35. The molecule has 1 aromatic carbocycles. The van der Waals surface area contributed by atoms with Crippen LogP contribution in [0.5, 0.6) is 0 Å². The van der Waals surface area contributed by atoms with Crippen LogP contribution in [0, 0.1) is 0 Å². The van der Waals surface area contributed by atoms with E-state index in [4.69, 9.17) is 10.5 Å². The van der Waals surface area contributed by atoms with Gasteiger partial charge < -0.3 is 10.5 Å². The van der Waals surface area contributed by atoms with Crippen molar-refractivity contribution in [3.05, 3.63) is 35.4 Å². The summed E-state index contributed by atoms with van der Waals surface area (Å²) in [6, 6.07) is 7.36. The molecule has 1 fully saturated rings. The fourth-order valence-corrected chi connectivity index (χ4v) is 2.28. The first-order chi connectivity index (χ1) is 9.52. The molecule has 1 atom stereocenters. The average molecular weight is 276 g/mol. The molecule has 1 saturated carbocycles. The van der Waals surface area contributed by atoms with Gasteiger partial charge in [0, 0.05) is 18.2 Å². The number of carbonyl (C=O) groups is 2. The Balaban J connectivity index is 2.08. The van der Waals surface area contributed by atoms with Gasteiger partial charge in [-0.15, -0.1) is 0 Å². The van der Waals surface area contributed by atoms with E-state index in [-0.39, 0.29) is 12.0 Å². The number of nitrogens with zero attached hydrogens (tertiary/aromatic N) is 1. The van der Waals surface area contributed by atoms with Crippen molar-refractivity contribution >= 4 is 11.9 Å². The van der Waals surface area contributed by atoms with Crippen LogP contribution in [0.4, 0.5) is 0 Å². The van der Waals surface area contributed by atoms with Crippen LogP contribution in [0.1, 0.15) is 35.7 Å². The molecule has 5 heteroatoms. The van der Waals surface area contributed by atoms with E-state index in [9.17, 15) is 9.59 Å². The molecule has 1 aromatic rings. The first-order valence-electron chi connectivity index (χ1n) is 6.75. The molecule has 0 aromatic heterocycles. The normalized spacial score (nSPS) is 15.9. The van der Waals surface area contributed by atoms with Gasteiger partial charge in [-0.25, -0.2) is 0 Å². The maximum atomic E-state index is 11.7. The van der Waals surface area contributed by atoms with Crippen LogP contribution in [-0.2, 0) is 16.1 Å². The molecule has 1 amide bonds. The first kappa shape index (κ1) is 14.5. The lowest BCUT2D eigenvalue weighted by Gasteiger charge is -2.27. The smallest absolute Gasteiger partial charge is 0.322 e. The number of esters is 1. The van der Waals surface area contributed by atoms with Crippen LogP contribution in [0.2, 0.25) is 0 Å². The van der Waals surface area contributed by atoms with Crippen molar-refractivity contribution in [1.82, 2.24) is 4.90 Å². The maximum absolute atomic E-state index is 11.7. The number of methoxy groups -OCH3 is 1. The van der Waals surface area contributed by atoms with Gasteiger partial charge >= 0.3 is 5.97 Å². The van der Waals surface area contributed by atoms with Gasteiger partial charge in [0.2, 0.25) is 5.91 Å². The molecule has 2 N–H and O–H groups in total. The lowest BCUT2D eigenvalue weighted by molar-refractivity contribution is -0.146. The second-order valence-corrected chi connectivity index (χ2v) is 5.16. The van der Waals surface area contributed by atoms with Crippen LogP contribution in [-0.4, -0.2) is 36.0 Å². The van der Waals surface area contributed by atoms with Crippen molar-refractivity contribution in [2.75, 3.05) is 7.11 Å². The fraction of sp³-hybridized carbons (Fsp3) is 0.467. The van der Waals surface area contributed by atoms with Crippen LogP contribution in [0.25, 0.3) is 0 Å². The highest BCUT2D eigenvalue weighted by molar-refractivity contribution is 5.92. The number of rotatable bonds is 6. The van der Waals surface area contributed by atoms with Gasteiger partial charge in [0.25, 0.3) is 0 Å². The fourth-order valence-electron chi connectivity index (χ4n) is 2.28. The summed E-state index contributed by atoms with van der Waals surface area (Å²) in [6.07, 6.45) is 2.22. The monoisotopic (exact) mass is 276 g/mol. The zero-order valence-electron chi connectivity index (χ0n) is 11.8. The molecule has 108 valence electrons. The summed E-state index contributed by atoms with van der Waals surface area (Å²) in [5.41, 5.74) is 6.77. The Morgan fingerprint density at radius 3 is 2.40 bits per heavy atom. The van der Waals surface area contributed by atoms with Gasteiger partial charge in [0.1, 0.15) is 6.04 Å². The minimum atomic E-state index is -0.432. The minimum Gasteiger partial charge on any atom is -0.468 e. The molecule has 0 bridgehead atoms. The summed E-state index contributed by atoms with van der Waals surface area (Å²) >= 11 is 0. The number of amides is 1. The highest BCUT2D eigenvalue weighted by atomic mass is 16.5. The molecule has 2 rings (SSSR count). The van der Waals surface area contributed by atoms with Crippen LogP contribution in [0.3, 0.4) is 0 Å². The van der Waals surface area contributed by atoms with Crippen molar-refractivity contribution in [3.63, 3.8) is 0 Å². The van der Waals surface area contributed by atoms with Crippen molar-refractivity contribution in [1.29, 1.82) is 0 Å². The van der Waals surface area contributed by atoms with E-state index in [1.165, 1.54) is 7.11 Å². The van der Waals surface area contributed by atoms with E-state index >= 15 is 0 Å². The number of ether oxygens (including phenoxy) is 1. The molecule has 0 aliphatic heterocycles. The minimum absolute atomic E-state index is 0.217. The maximum Gasteiger partial charge on any atom is 0.322 e. The average Bonchev–Trinajstić information content (AvgIpc) is 3.28. The molecule has 1 aliphatic rings. The van der Waals surface area contributed by atoms with E-state index in [0.717, 1.165) is 18.4 Å². The Hall–Kier alpha value is -1.88. The van der Waals surface area contributed by atoms with Crippen LogP contribution < -0.4 is 5.73 Å². The number of benzene rings is 1. The lowest BCUT2D eigenvalue weighted by Crippen LogP contribution is -2.40. The molecular formula is C15H20N2O3. The number of hydrogen-bond acceptors (Lipinski definition) is 4. The number of carbonyl (C=O) groups excluding carboxylic acids is 2. The topological polar surface area (TPSA) is 72.6 Å². The predicted octanol–water partition coefficient (Wildman–Crippen LogP) is 1.31. The van der Waals surface area contributed by atoms with Crippen LogP contribution in [0.15, 0.2) is 24.3 Å². The van der Waals surface area contributed by atoms with Crippen molar-refractivity contribution < 1.29 is 14.3 Å². The summed E-state index contributed by atoms with van der Waals surface area (Å²) in [7, 11) is 1.41. The van der Waals surface area contributed by atoms with Crippen molar-refractivity contribution in [3.8, 4) is 0 Å². The Morgan fingerprint density at radius 1 is 1.35 bits per heavy atom. The zero-order chi connectivity index (χ0) is 14.7. The molecule has 20 heavy (non-hydrogen) atoms. The molecule has 5 nitrogen and oxygen atoms in total. The second kappa shape index (κ2) is 6.05. The standard InChI is InChI=1S/C15H20N2O3/c1-10(15(19)20-2)17(13-7-8-13)9-11-3-5-12(6-4-11)14(16)18/h3-6,10,13H,7-9H2,1-2H3,(H2,16,18)/t10-/m0/s1. The molecule has 0 spiro atoms. The van der Waals surface area contributed by atoms with Gasteiger partial charge in [-0.3, -0.25) is 14.5 Å². The molecule has 1 aliphatic carbocycles. The third-order valence-electron chi connectivity index (χ3n) is 3.66. The van der Waals surface area contributed by atoms with Crippen molar-refractivity contribution in [2.45, 2.75) is 38.4 Å². The SMILES string of the molecule is COC(=O)[C@H](C)N(Cc1ccc(C(N)=O)cc1)C1CC1. The zero-order valence-corrected chi connectivity index (χ0v) is 11.8. The molecular weight excluding hydrogens is 256 g/mol. The summed E-state index contributed by atoms with van der Waals surface area (Å²) < 4.78 is 4.82. The van der Waals surface area contributed by atoms with E-state index < -0.39 is 5.91 Å². The Morgan fingerprint density at radius 2 is 1.95 bits per heavy atom. The van der Waals surface area contributed by atoms with Crippen molar-refractivity contribution in [2.24, 2.45) is 5.73 Å². The molecule has 0 unspecified atom stereocenters. The Bertz CT molecular complexity index is 494. The summed E-state index contributed by atoms with van der Waals surface area (Å²) in [5.74, 6) is -0.649. The lowest BCUT2D eigenvalue weighted by atomic mass is 10.1. The summed E-state index contributed by atoms with van der Waals surface area (Å²) in [4.78, 5) is 24.9. The molecule has 0 radical (unpaired) electrons. The Labute approximate surface area is 118 Å². The van der Waals surface area contributed by atoms with E-state index in [2.05, 4.69) is 4.90 Å². The van der Waals surface area contributed by atoms with Gasteiger partial charge in [0.05, 0.1) is 7.11 Å². The summed E-state index contributed by atoms with van der Waals surface area (Å²) in [6.45, 7) is 2.53. The first-order valence-corrected chi connectivity index (χ1v) is 6.75. The third kappa shape index (κ3) is 3.36. The Kier molecular flexibility index (Phi) is 4.39.